The maximum atomic E-state index is 12.3. The van der Waals surface area contributed by atoms with Crippen molar-refractivity contribution in [2.45, 2.75) is 11.5 Å². The fourth-order valence-electron chi connectivity index (χ4n) is 1.66. The number of nitrogens with one attached hydrogen (secondary N) is 1. The van der Waals surface area contributed by atoms with Gasteiger partial charge in [-0.15, -0.1) is 0 Å². The lowest BCUT2D eigenvalue weighted by Gasteiger charge is -2.12. The van der Waals surface area contributed by atoms with E-state index in [9.17, 15) is 8.42 Å². The SMILES string of the molecule is COCc1ccccc1NS(=O)(=O)c1ccnc(Cl)c1. The maximum Gasteiger partial charge on any atom is 0.262 e. The molecular weight excluding hydrogens is 300 g/mol. The van der Waals surface area contributed by atoms with E-state index in [4.69, 9.17) is 16.3 Å². The Morgan fingerprint density at radius 3 is 2.75 bits per heavy atom. The average Bonchev–Trinajstić information content (AvgIpc) is 2.41. The predicted molar refractivity (Wildman–Crippen MR) is 77.2 cm³/mol. The van der Waals surface area contributed by atoms with Gasteiger partial charge in [0.1, 0.15) is 5.15 Å². The molecule has 2 rings (SSSR count). The number of nitrogens with zero attached hydrogens (tertiary/aromatic N) is 1. The third-order valence-electron chi connectivity index (χ3n) is 2.57. The summed E-state index contributed by atoms with van der Waals surface area (Å²) >= 11 is 5.71. The summed E-state index contributed by atoms with van der Waals surface area (Å²) in [6, 6.07) is 9.71. The third-order valence-corrected chi connectivity index (χ3v) is 4.14. The zero-order valence-corrected chi connectivity index (χ0v) is 12.3. The molecule has 5 nitrogen and oxygen atoms in total. The molecule has 1 aromatic heterocycles. The van der Waals surface area contributed by atoms with Crippen molar-refractivity contribution in [2.75, 3.05) is 11.8 Å². The number of hydrogen-bond acceptors (Lipinski definition) is 4. The Kier molecular flexibility index (Phi) is 4.59. The number of aromatic nitrogens is 1. The van der Waals surface area contributed by atoms with Crippen molar-refractivity contribution >= 4 is 27.3 Å². The minimum absolute atomic E-state index is 0.0599. The largest absolute Gasteiger partial charge is 0.380 e. The highest BCUT2D eigenvalue weighted by atomic mass is 35.5. The summed E-state index contributed by atoms with van der Waals surface area (Å²) in [6.45, 7) is 0.315. The minimum atomic E-state index is -3.71. The van der Waals surface area contributed by atoms with E-state index >= 15 is 0 Å². The zero-order valence-electron chi connectivity index (χ0n) is 10.7. The van der Waals surface area contributed by atoms with E-state index in [1.807, 2.05) is 6.07 Å². The number of pyridine rings is 1. The molecule has 0 saturated heterocycles. The molecule has 0 saturated carbocycles. The number of rotatable bonds is 5. The van der Waals surface area contributed by atoms with Gasteiger partial charge in [-0.2, -0.15) is 0 Å². The lowest BCUT2D eigenvalue weighted by Crippen LogP contribution is -2.14. The van der Waals surface area contributed by atoms with Gasteiger partial charge in [-0.25, -0.2) is 13.4 Å². The van der Waals surface area contributed by atoms with Gasteiger partial charge in [0.2, 0.25) is 0 Å². The maximum absolute atomic E-state index is 12.3. The summed E-state index contributed by atoms with van der Waals surface area (Å²) in [5, 5.41) is 0.123. The fraction of sp³-hybridized carbons (Fsp3) is 0.154. The first-order valence-corrected chi connectivity index (χ1v) is 7.60. The van der Waals surface area contributed by atoms with Gasteiger partial charge in [0.15, 0.2) is 0 Å². The first-order chi connectivity index (χ1) is 9.53. The molecular formula is C13H13ClN2O3S. The standard InChI is InChI=1S/C13H13ClN2O3S/c1-19-9-10-4-2-3-5-12(10)16-20(17,18)11-6-7-15-13(14)8-11/h2-8,16H,9H2,1H3. The van der Waals surface area contributed by atoms with Crippen molar-refractivity contribution in [1.82, 2.24) is 4.98 Å². The van der Waals surface area contributed by atoms with Crippen LogP contribution in [0.15, 0.2) is 47.5 Å². The van der Waals surface area contributed by atoms with Gasteiger partial charge in [-0.3, -0.25) is 4.72 Å². The molecule has 0 aliphatic rings. The molecule has 0 aliphatic heterocycles. The number of methoxy groups -OCH3 is 1. The van der Waals surface area contributed by atoms with Gasteiger partial charge in [0.05, 0.1) is 17.2 Å². The van der Waals surface area contributed by atoms with Crippen molar-refractivity contribution in [3.63, 3.8) is 0 Å². The molecule has 20 heavy (non-hydrogen) atoms. The van der Waals surface area contributed by atoms with Crippen LogP contribution >= 0.6 is 11.6 Å². The summed E-state index contributed by atoms with van der Waals surface area (Å²) in [5.74, 6) is 0. The zero-order chi connectivity index (χ0) is 14.6. The molecule has 1 aromatic carbocycles. The summed E-state index contributed by atoms with van der Waals surface area (Å²) < 4.78 is 32.1. The number of sulfonamides is 1. The number of halogens is 1. The second-order valence-corrected chi connectivity index (χ2v) is 6.08. The van der Waals surface area contributed by atoms with E-state index in [1.165, 1.54) is 18.3 Å². The van der Waals surface area contributed by atoms with Crippen LogP contribution < -0.4 is 4.72 Å². The van der Waals surface area contributed by atoms with Gasteiger partial charge in [0, 0.05) is 18.9 Å². The normalized spacial score (nSPS) is 11.3. The number of ether oxygens (including phenoxy) is 1. The molecule has 0 unspecified atom stereocenters. The van der Waals surface area contributed by atoms with Gasteiger partial charge < -0.3 is 4.74 Å². The number of benzene rings is 1. The topological polar surface area (TPSA) is 68.3 Å². The molecule has 2 aromatic rings. The van der Waals surface area contributed by atoms with Crippen LogP contribution in [-0.4, -0.2) is 20.5 Å². The molecule has 0 amide bonds. The lowest BCUT2D eigenvalue weighted by molar-refractivity contribution is 0.185. The van der Waals surface area contributed by atoms with Crippen LogP contribution in [0.1, 0.15) is 5.56 Å². The molecule has 1 heterocycles. The van der Waals surface area contributed by atoms with Gasteiger partial charge >= 0.3 is 0 Å². The highest BCUT2D eigenvalue weighted by molar-refractivity contribution is 7.92. The Morgan fingerprint density at radius 1 is 1.30 bits per heavy atom. The van der Waals surface area contributed by atoms with Crippen LogP contribution in [0.5, 0.6) is 0 Å². The van der Waals surface area contributed by atoms with Crippen molar-refractivity contribution < 1.29 is 13.2 Å². The van der Waals surface area contributed by atoms with E-state index in [-0.39, 0.29) is 10.0 Å². The highest BCUT2D eigenvalue weighted by Gasteiger charge is 2.16. The Balaban J connectivity index is 2.34. The van der Waals surface area contributed by atoms with Crippen LogP contribution in [-0.2, 0) is 21.4 Å². The van der Waals surface area contributed by atoms with Crippen LogP contribution in [0, 0.1) is 0 Å². The number of para-hydroxylation sites is 1. The third kappa shape index (κ3) is 3.47. The number of anilines is 1. The molecule has 0 aliphatic carbocycles. The van der Waals surface area contributed by atoms with E-state index < -0.39 is 10.0 Å². The highest BCUT2D eigenvalue weighted by Crippen LogP contribution is 2.21. The first kappa shape index (κ1) is 14.8. The molecule has 0 spiro atoms. The molecule has 106 valence electrons. The molecule has 0 bridgehead atoms. The lowest BCUT2D eigenvalue weighted by atomic mass is 10.2. The van der Waals surface area contributed by atoms with Crippen LogP contribution in [0.25, 0.3) is 0 Å². The van der Waals surface area contributed by atoms with Gasteiger partial charge in [-0.1, -0.05) is 29.8 Å². The summed E-state index contributed by atoms with van der Waals surface area (Å²) in [7, 11) is -2.16. The Hall–Kier alpha value is -1.63. The van der Waals surface area contributed by atoms with Crippen molar-refractivity contribution in [2.24, 2.45) is 0 Å². The summed E-state index contributed by atoms with van der Waals surface area (Å²) in [5.41, 5.74) is 1.22. The second-order valence-electron chi connectivity index (χ2n) is 4.01. The molecule has 0 atom stereocenters. The summed E-state index contributed by atoms with van der Waals surface area (Å²) in [4.78, 5) is 3.82. The predicted octanol–water partition coefficient (Wildman–Crippen LogP) is 2.68. The summed E-state index contributed by atoms with van der Waals surface area (Å²) in [6.07, 6.45) is 1.35. The van der Waals surface area contributed by atoms with E-state index in [0.717, 1.165) is 5.56 Å². The number of hydrogen-bond donors (Lipinski definition) is 1. The molecule has 0 fully saturated rings. The van der Waals surface area contributed by atoms with Crippen LogP contribution in [0.4, 0.5) is 5.69 Å². The van der Waals surface area contributed by atoms with Crippen molar-refractivity contribution in [1.29, 1.82) is 0 Å². The van der Waals surface area contributed by atoms with Gasteiger partial charge in [0.25, 0.3) is 10.0 Å². The minimum Gasteiger partial charge on any atom is -0.380 e. The van der Waals surface area contributed by atoms with Crippen LogP contribution in [0.2, 0.25) is 5.15 Å². The average molecular weight is 313 g/mol. The molecule has 0 radical (unpaired) electrons. The Bertz CT molecular complexity index is 704. The van der Waals surface area contributed by atoms with Crippen molar-refractivity contribution in [3.05, 3.63) is 53.3 Å². The van der Waals surface area contributed by atoms with E-state index in [2.05, 4.69) is 9.71 Å². The van der Waals surface area contributed by atoms with Crippen LogP contribution in [0.3, 0.4) is 0 Å². The Labute approximate surface area is 122 Å². The van der Waals surface area contributed by atoms with E-state index in [1.54, 1.807) is 25.3 Å². The Morgan fingerprint density at radius 2 is 2.05 bits per heavy atom. The first-order valence-electron chi connectivity index (χ1n) is 5.74. The molecule has 7 heteroatoms. The smallest absolute Gasteiger partial charge is 0.262 e. The monoisotopic (exact) mass is 312 g/mol. The second kappa shape index (κ2) is 6.21. The van der Waals surface area contributed by atoms with E-state index in [0.29, 0.717) is 12.3 Å². The molecule has 1 N–H and O–H groups in total. The van der Waals surface area contributed by atoms with Gasteiger partial charge in [-0.05, 0) is 18.2 Å². The fourth-order valence-corrected chi connectivity index (χ4v) is 3.01. The quantitative estimate of drug-likeness (QED) is 0.862. The van der Waals surface area contributed by atoms with Crippen molar-refractivity contribution in [3.8, 4) is 0 Å².